The van der Waals surface area contributed by atoms with Crippen LogP contribution in [0.4, 0.5) is 0 Å². The van der Waals surface area contributed by atoms with Gasteiger partial charge >= 0.3 is 0 Å². The molecule has 5 heteroatoms. The molecule has 4 nitrogen and oxygen atoms in total. The second kappa shape index (κ2) is 6.78. The Morgan fingerprint density at radius 2 is 2.11 bits per heavy atom. The Bertz CT molecular complexity index is 484. The minimum absolute atomic E-state index is 0. The summed E-state index contributed by atoms with van der Waals surface area (Å²) in [5.74, 6) is 6.42. The maximum absolute atomic E-state index is 11.3. The summed E-state index contributed by atoms with van der Waals surface area (Å²) >= 11 is 0. The van der Waals surface area contributed by atoms with Crippen LogP contribution in [-0.2, 0) is 18.4 Å². The highest BCUT2D eigenvalue weighted by atomic mass is 127. The van der Waals surface area contributed by atoms with Crippen molar-refractivity contribution in [3.05, 3.63) is 18.2 Å². The first-order chi connectivity index (χ1) is 8.16. The first-order valence-electron chi connectivity index (χ1n) is 5.92. The van der Waals surface area contributed by atoms with Crippen molar-refractivity contribution in [2.75, 3.05) is 13.1 Å². The van der Waals surface area contributed by atoms with Gasteiger partial charge in [-0.15, -0.1) is 0 Å². The smallest absolute Gasteiger partial charge is 0.244 e. The van der Waals surface area contributed by atoms with Gasteiger partial charge in [0.05, 0.1) is 13.6 Å². The maximum Gasteiger partial charge on any atom is 0.244 e. The fourth-order valence-corrected chi connectivity index (χ4v) is 2.04. The minimum atomic E-state index is 0. The molecule has 1 saturated heterocycles. The number of hydrogen-bond donors (Lipinski definition) is 0. The van der Waals surface area contributed by atoms with Crippen LogP contribution < -0.4 is 28.5 Å². The molecule has 1 aromatic rings. The Kier molecular flexibility index (Phi) is 5.66. The van der Waals surface area contributed by atoms with Gasteiger partial charge in [-0.05, 0) is 6.42 Å². The molecular weight excluding hydrogens is 341 g/mol. The lowest BCUT2D eigenvalue weighted by Crippen LogP contribution is -3.00. The molecule has 1 aliphatic heterocycles. The van der Waals surface area contributed by atoms with Gasteiger partial charge in [0, 0.05) is 19.9 Å². The summed E-state index contributed by atoms with van der Waals surface area (Å²) in [6, 6.07) is 0. The summed E-state index contributed by atoms with van der Waals surface area (Å²) in [7, 11) is 2.00. The lowest BCUT2D eigenvalue weighted by molar-refractivity contribution is -0.671. The number of likely N-dealkylation sites (tertiary alicyclic amines) is 1. The molecule has 2 rings (SSSR count). The predicted molar refractivity (Wildman–Crippen MR) is 63.9 cm³/mol. The summed E-state index contributed by atoms with van der Waals surface area (Å²) < 4.78 is 4.11. The molecule has 0 aliphatic carbocycles. The van der Waals surface area contributed by atoms with Crippen LogP contribution in [0.2, 0.25) is 0 Å². The number of aromatic nitrogens is 2. The largest absolute Gasteiger partial charge is 1.00 e. The average Bonchev–Trinajstić information content (AvgIpc) is 2.81. The second-order valence-corrected chi connectivity index (χ2v) is 4.45. The number of amides is 1. The third-order valence-electron chi connectivity index (χ3n) is 2.98. The van der Waals surface area contributed by atoms with E-state index >= 15 is 0 Å². The normalized spacial score (nSPS) is 14.1. The highest BCUT2D eigenvalue weighted by Gasteiger charge is 2.18. The SMILES string of the molecule is Cc1c[n+](C)cn1CC#CCN1CCCC1=O.[I-]. The summed E-state index contributed by atoms with van der Waals surface area (Å²) in [6.45, 7) is 4.19. The van der Waals surface area contributed by atoms with Crippen molar-refractivity contribution in [3.63, 3.8) is 0 Å². The van der Waals surface area contributed by atoms with E-state index in [-0.39, 0.29) is 29.9 Å². The molecule has 0 saturated carbocycles. The lowest BCUT2D eigenvalue weighted by atomic mass is 10.4. The topological polar surface area (TPSA) is 29.1 Å². The number of carbonyl (C=O) groups is 1. The van der Waals surface area contributed by atoms with Crippen LogP contribution in [0, 0.1) is 18.8 Å². The molecule has 0 radical (unpaired) electrons. The Labute approximate surface area is 125 Å². The third kappa shape index (κ3) is 3.73. The quantitative estimate of drug-likeness (QED) is 0.320. The van der Waals surface area contributed by atoms with Crippen molar-refractivity contribution in [1.82, 2.24) is 9.47 Å². The fraction of sp³-hybridized carbons (Fsp3) is 0.538. The van der Waals surface area contributed by atoms with E-state index in [4.69, 9.17) is 0 Å². The van der Waals surface area contributed by atoms with Crippen LogP contribution >= 0.6 is 0 Å². The maximum atomic E-state index is 11.3. The van der Waals surface area contributed by atoms with Gasteiger partial charge in [0.25, 0.3) is 0 Å². The number of rotatable bonds is 2. The Morgan fingerprint density at radius 1 is 1.39 bits per heavy atom. The van der Waals surface area contributed by atoms with Crippen LogP contribution in [0.15, 0.2) is 12.5 Å². The van der Waals surface area contributed by atoms with Crippen LogP contribution in [0.25, 0.3) is 0 Å². The molecule has 1 fully saturated rings. The fourth-order valence-electron chi connectivity index (χ4n) is 2.04. The number of imidazole rings is 1. The van der Waals surface area contributed by atoms with Gasteiger partial charge in [-0.3, -0.25) is 4.79 Å². The zero-order chi connectivity index (χ0) is 12.3. The van der Waals surface area contributed by atoms with Crippen molar-refractivity contribution in [2.24, 2.45) is 7.05 Å². The molecule has 1 aromatic heterocycles. The molecular formula is C13H18IN3O. The van der Waals surface area contributed by atoms with Crippen LogP contribution in [0.1, 0.15) is 18.5 Å². The van der Waals surface area contributed by atoms with Gasteiger partial charge in [-0.1, -0.05) is 11.8 Å². The highest BCUT2D eigenvalue weighted by Crippen LogP contribution is 2.07. The van der Waals surface area contributed by atoms with E-state index in [2.05, 4.69) is 29.5 Å². The minimum Gasteiger partial charge on any atom is -1.00 e. The van der Waals surface area contributed by atoms with Crippen molar-refractivity contribution in [1.29, 1.82) is 0 Å². The van der Waals surface area contributed by atoms with Crippen LogP contribution in [0.5, 0.6) is 0 Å². The Hall–Kier alpha value is -1.03. The van der Waals surface area contributed by atoms with Crippen molar-refractivity contribution in [2.45, 2.75) is 26.3 Å². The van der Waals surface area contributed by atoms with Crippen LogP contribution in [0.3, 0.4) is 0 Å². The molecule has 2 heterocycles. The summed E-state index contributed by atoms with van der Waals surface area (Å²) in [6.07, 6.45) is 5.75. The van der Waals surface area contributed by atoms with Gasteiger partial charge in [0.1, 0.15) is 11.9 Å². The van der Waals surface area contributed by atoms with Gasteiger partial charge in [0.15, 0.2) is 6.54 Å². The summed E-state index contributed by atoms with van der Waals surface area (Å²) in [5, 5.41) is 0. The summed E-state index contributed by atoms with van der Waals surface area (Å²) in [4.78, 5) is 13.2. The molecule has 0 atom stereocenters. The zero-order valence-corrected chi connectivity index (χ0v) is 13.0. The van der Waals surface area contributed by atoms with E-state index in [1.807, 2.05) is 22.8 Å². The van der Waals surface area contributed by atoms with Crippen molar-refractivity contribution in [3.8, 4) is 11.8 Å². The molecule has 0 N–H and O–H groups in total. The van der Waals surface area contributed by atoms with E-state index < -0.39 is 0 Å². The molecule has 0 bridgehead atoms. The third-order valence-corrected chi connectivity index (χ3v) is 2.98. The monoisotopic (exact) mass is 359 g/mol. The standard InChI is InChI=1S/C13H18N3O.HI/c1-12-10-14(2)11-16(12)8-4-3-7-15-9-5-6-13(15)17;/h10-11H,5-9H2,1-2H3;1H/q+1;/p-1. The van der Waals surface area contributed by atoms with Crippen molar-refractivity contribution < 1.29 is 33.3 Å². The zero-order valence-electron chi connectivity index (χ0n) is 10.8. The van der Waals surface area contributed by atoms with Gasteiger partial charge < -0.3 is 28.9 Å². The number of nitrogens with zero attached hydrogens (tertiary/aromatic N) is 3. The predicted octanol–water partition coefficient (Wildman–Crippen LogP) is -2.75. The van der Waals surface area contributed by atoms with E-state index in [1.165, 1.54) is 5.69 Å². The van der Waals surface area contributed by atoms with Gasteiger partial charge in [0.2, 0.25) is 12.2 Å². The van der Waals surface area contributed by atoms with E-state index in [0.717, 1.165) is 13.0 Å². The van der Waals surface area contributed by atoms with E-state index in [9.17, 15) is 4.79 Å². The molecule has 1 amide bonds. The average molecular weight is 359 g/mol. The van der Waals surface area contributed by atoms with E-state index in [1.54, 1.807) is 0 Å². The molecule has 1 aliphatic rings. The first-order valence-corrected chi connectivity index (χ1v) is 5.92. The summed E-state index contributed by atoms with van der Waals surface area (Å²) in [5.41, 5.74) is 1.19. The molecule has 0 unspecified atom stereocenters. The molecule has 0 aromatic carbocycles. The molecule has 98 valence electrons. The lowest BCUT2D eigenvalue weighted by Gasteiger charge is -2.09. The highest BCUT2D eigenvalue weighted by molar-refractivity contribution is 5.78. The number of halogens is 1. The first kappa shape index (κ1) is 15.0. The van der Waals surface area contributed by atoms with E-state index in [0.29, 0.717) is 19.5 Å². The molecule has 18 heavy (non-hydrogen) atoms. The number of hydrogen-bond acceptors (Lipinski definition) is 1. The van der Waals surface area contributed by atoms with Crippen molar-refractivity contribution >= 4 is 5.91 Å². The number of carbonyl (C=O) groups excluding carboxylic acids is 1. The second-order valence-electron chi connectivity index (χ2n) is 4.45. The Balaban J connectivity index is 0.00000162. The Morgan fingerprint density at radius 3 is 2.67 bits per heavy atom. The van der Waals surface area contributed by atoms with Gasteiger partial charge in [-0.2, -0.15) is 0 Å². The van der Waals surface area contributed by atoms with Crippen LogP contribution in [-0.4, -0.2) is 28.5 Å². The van der Waals surface area contributed by atoms with Gasteiger partial charge in [-0.25, -0.2) is 9.13 Å². The number of aryl methyl sites for hydroxylation is 2. The molecule has 0 spiro atoms.